The van der Waals surface area contributed by atoms with Gasteiger partial charge in [0.2, 0.25) is 0 Å². The third-order valence-electron chi connectivity index (χ3n) is 20.5. The van der Waals surface area contributed by atoms with Crippen LogP contribution >= 0.6 is 0 Å². The highest BCUT2D eigenvalue weighted by molar-refractivity contribution is 7.91. The van der Waals surface area contributed by atoms with Crippen LogP contribution in [0.5, 0.6) is 0 Å². The van der Waals surface area contributed by atoms with Crippen molar-refractivity contribution < 1.29 is 41.4 Å². The predicted molar refractivity (Wildman–Crippen MR) is 543 cm³/mol. The average molecular weight is 1790 g/mol. The number of aryl methyl sites for hydroxylation is 3. The van der Waals surface area contributed by atoms with Crippen LogP contribution in [0.25, 0.3) is 27.1 Å². The van der Waals surface area contributed by atoms with Crippen LogP contribution in [-0.2, 0) is 47.9 Å². The first kappa shape index (κ1) is 114. The molecule has 16 heteroatoms. The number of hydrogen-bond acceptors (Lipinski definition) is 11. The van der Waals surface area contributed by atoms with Crippen molar-refractivity contribution in [2.75, 3.05) is 39.8 Å². The number of H-pyrrole nitrogens is 1. The quantitative estimate of drug-likeness (QED) is 0.0611. The van der Waals surface area contributed by atoms with Gasteiger partial charge in [-0.2, -0.15) is 14.7 Å². The topological polar surface area (TPSA) is 209 Å². The molecule has 0 atom stereocenters. The molecule has 692 valence electrons. The first-order valence-electron chi connectivity index (χ1n) is 44.8. The van der Waals surface area contributed by atoms with Gasteiger partial charge in [0, 0.05) is 74.6 Å². The molecule has 0 bridgehead atoms. The summed E-state index contributed by atoms with van der Waals surface area (Å²) < 4.78 is 45.8. The lowest BCUT2D eigenvalue weighted by atomic mass is 9.96. The number of aliphatic hydroxyl groups is 2. The van der Waals surface area contributed by atoms with Crippen LogP contribution in [0.4, 0.5) is 5.69 Å². The second kappa shape index (κ2) is 60.5. The molecule has 0 aliphatic heterocycles. The molecule has 0 saturated heterocycles. The maximum Gasteiger partial charge on any atom is 0.373 e. The molecule has 129 heavy (non-hydrogen) atoms. The number of carbonyl (C=O) groups is 1. The van der Waals surface area contributed by atoms with Gasteiger partial charge >= 0.3 is 6.15 Å². The summed E-state index contributed by atoms with van der Waals surface area (Å²) in [5.41, 5.74) is 25.8. The molecular formula is C113H149N5O9S2. The average Bonchev–Trinajstić information content (AvgIpc) is 1.22. The minimum absolute atomic E-state index is 0.0625. The molecule has 0 unspecified atom stereocenters. The lowest BCUT2D eigenvalue weighted by Gasteiger charge is -2.12. The summed E-state index contributed by atoms with van der Waals surface area (Å²) in [5.74, 6) is 5.62. The van der Waals surface area contributed by atoms with Crippen molar-refractivity contribution in [1.29, 1.82) is 0 Å². The minimum atomic E-state index is -3.21. The normalized spacial score (nSPS) is 10.6. The van der Waals surface area contributed by atoms with Crippen molar-refractivity contribution in [2.24, 2.45) is 0 Å². The van der Waals surface area contributed by atoms with Gasteiger partial charge in [0.15, 0.2) is 25.4 Å². The molecule has 0 fully saturated rings. The summed E-state index contributed by atoms with van der Waals surface area (Å²) in [6, 6.07) is 85.4. The van der Waals surface area contributed by atoms with Gasteiger partial charge in [-0.25, -0.2) is 21.7 Å². The molecule has 10 aromatic carbocycles. The SMILES string of the molecule is CC(C)c1ccc(-c2ccccc2S(C)(=O)=O)cc1.CC(C)c1cccc(-c2cn[nH]c2)c1.CC(C)c1cccc(C(=O)N(C)C)c1.CC(C)c1cccc(CCO)c1.CC(C)c1cccc(CS(C)(=O)=O)c1.CC(C)c1ccccc1CCO.Cc1ccc(C(C)C)cc1.Cc1ccc(C(C)C)nc1.Cc1cccc(C(C)C)c1.O=C=O.[C-]#[N+]c1cccc(C(C)C)c1. The van der Waals surface area contributed by atoms with Crippen molar-refractivity contribution in [3.05, 3.63) is 380 Å². The van der Waals surface area contributed by atoms with E-state index in [4.69, 9.17) is 26.4 Å². The second-order valence-corrected chi connectivity index (χ2v) is 39.6. The Morgan fingerprint density at radius 1 is 0.411 bits per heavy atom. The van der Waals surface area contributed by atoms with E-state index >= 15 is 0 Å². The van der Waals surface area contributed by atoms with Crippen LogP contribution in [0.15, 0.2) is 278 Å². The minimum Gasteiger partial charge on any atom is -0.396 e. The Balaban J connectivity index is 0.000000486. The highest BCUT2D eigenvalue weighted by Crippen LogP contribution is 2.30. The van der Waals surface area contributed by atoms with Crippen LogP contribution in [0.2, 0.25) is 0 Å². The summed E-state index contributed by atoms with van der Waals surface area (Å²) in [4.78, 5) is 37.5. The summed E-state index contributed by atoms with van der Waals surface area (Å²) in [6.45, 7) is 56.8. The monoisotopic (exact) mass is 1780 g/mol. The summed E-state index contributed by atoms with van der Waals surface area (Å²) in [6.07, 6.45) is 9.96. The molecular weight excluding hydrogens is 1640 g/mol. The van der Waals surface area contributed by atoms with Crippen LogP contribution in [0.1, 0.15) is 297 Å². The maximum absolute atomic E-state index is 11.8. The number of nitrogens with zero attached hydrogens (tertiary/aromatic N) is 4. The number of rotatable bonds is 20. The van der Waals surface area contributed by atoms with Crippen molar-refractivity contribution >= 4 is 37.4 Å². The highest BCUT2D eigenvalue weighted by Gasteiger charge is 2.16. The highest BCUT2D eigenvalue weighted by atomic mass is 32.2. The predicted octanol–water partition coefficient (Wildman–Crippen LogP) is 28.2. The molecule has 14 nitrogen and oxygen atoms in total. The number of carbonyl (C=O) groups excluding carboxylic acids is 3. The maximum atomic E-state index is 11.8. The fourth-order valence-electron chi connectivity index (χ4n) is 12.6. The van der Waals surface area contributed by atoms with E-state index in [9.17, 15) is 21.6 Å². The zero-order valence-electron chi connectivity index (χ0n) is 82.1. The Morgan fingerprint density at radius 2 is 0.845 bits per heavy atom. The van der Waals surface area contributed by atoms with E-state index in [0.717, 1.165) is 46.3 Å². The lowest BCUT2D eigenvalue weighted by Crippen LogP contribution is -2.21. The molecule has 0 saturated carbocycles. The Labute approximate surface area is 777 Å². The van der Waals surface area contributed by atoms with Crippen molar-refractivity contribution in [2.45, 2.75) is 242 Å². The first-order valence-corrected chi connectivity index (χ1v) is 48.7. The van der Waals surface area contributed by atoms with Crippen molar-refractivity contribution in [3.8, 4) is 22.3 Å². The molecule has 12 rings (SSSR count). The third-order valence-corrected chi connectivity index (χ3v) is 22.5. The molecule has 0 aliphatic rings. The van der Waals surface area contributed by atoms with Crippen molar-refractivity contribution in [3.63, 3.8) is 0 Å². The van der Waals surface area contributed by atoms with E-state index in [2.05, 4.69) is 331 Å². The lowest BCUT2D eigenvalue weighted by molar-refractivity contribution is -0.191. The number of hydrogen-bond donors (Lipinski definition) is 3. The van der Waals surface area contributed by atoms with E-state index in [1.54, 1.807) is 31.1 Å². The van der Waals surface area contributed by atoms with Gasteiger partial charge in [-0.3, -0.25) is 14.9 Å². The van der Waals surface area contributed by atoms with Gasteiger partial charge in [-0.05, 0) is 195 Å². The fraction of sp³-hybridized carbons (Fsp3) is 0.372. The Kier molecular flexibility index (Phi) is 53.4. The number of aromatic amines is 1. The number of aliphatic hydroxyl groups excluding tert-OH is 2. The van der Waals surface area contributed by atoms with Gasteiger partial charge < -0.3 is 15.1 Å². The van der Waals surface area contributed by atoms with E-state index in [1.165, 1.54) is 102 Å². The second-order valence-electron chi connectivity index (χ2n) is 35.5. The van der Waals surface area contributed by atoms with Crippen LogP contribution < -0.4 is 0 Å². The fourth-order valence-corrected chi connectivity index (χ4v) is 14.3. The zero-order valence-corrected chi connectivity index (χ0v) is 83.8. The molecule has 0 aliphatic carbocycles. The number of pyridine rings is 1. The van der Waals surface area contributed by atoms with Crippen LogP contribution in [0, 0.1) is 27.3 Å². The number of aromatic nitrogens is 3. The smallest absolute Gasteiger partial charge is 0.373 e. The molecule has 2 aromatic heterocycles. The zero-order chi connectivity index (χ0) is 97.1. The molecule has 2 heterocycles. The summed E-state index contributed by atoms with van der Waals surface area (Å²) in [7, 11) is -2.59. The Hall–Kier alpha value is -11.3. The first-order chi connectivity index (χ1) is 60.8. The molecule has 3 N–H and O–H groups in total. The van der Waals surface area contributed by atoms with Crippen LogP contribution in [0.3, 0.4) is 0 Å². The van der Waals surface area contributed by atoms with Gasteiger partial charge in [0.25, 0.3) is 5.91 Å². The Bertz CT molecular complexity index is 5440. The number of benzene rings is 10. The standard InChI is InChI=1S/C16H18O2S.C12H14N2.C12H17NO.C11H16O2S.2C11H16O.C10H11N.2C10H14.C9H13N.CO2/c1-12(2)13-8-10-14(11-9-13)15-6-4-5-7-16(15)19(3,17)18;1-9(2)10-4-3-5-11(6-10)12-7-13-14-8-12;1-9(2)10-6-5-7-11(8-10)12(14)13(3)4;1-9(2)11-6-4-5-10(7-11)8-14(3,12)13;1-9(2)11-5-3-4-10(8-11)6-7-12;1-9(2)11-6-4-3-5-10(11)7-8-12;1-8(2)9-5-4-6-10(7-9)11-3;1-8(2)10-6-4-9(3)5-7-10;1-8(2)10-6-4-5-9(3)7-10;1-7(2)9-5-4-8(3)6-10-9;2-1-3/h4-12H,1-3H3;3-9H,1-2H3,(H,13,14);5-9H,1-4H3;4-7,9H,8H2,1-3H3;3-5,8-9,12H,6-7H2,1-2H3;3-6,9,12H,7-8H2,1-2H3;4-8H,1-2H3;2*4-8H,1-3H3;4-7H,1-3H3;. The van der Waals surface area contributed by atoms with Gasteiger partial charge in [-0.15, -0.1) is 0 Å². The van der Waals surface area contributed by atoms with E-state index in [0.29, 0.717) is 64.1 Å². The van der Waals surface area contributed by atoms with E-state index in [1.807, 2.05) is 110 Å². The number of sulfone groups is 2. The molecule has 0 radical (unpaired) electrons. The van der Waals surface area contributed by atoms with Crippen molar-refractivity contribution in [1.82, 2.24) is 20.1 Å². The number of amides is 1. The Morgan fingerprint density at radius 3 is 1.29 bits per heavy atom. The molecule has 12 aromatic rings. The molecule has 0 spiro atoms. The van der Waals surface area contributed by atoms with Crippen LogP contribution in [-0.4, -0.2) is 99.0 Å². The van der Waals surface area contributed by atoms with E-state index in [-0.39, 0.29) is 31.0 Å². The summed E-state index contributed by atoms with van der Waals surface area (Å²) in [5, 5.41) is 24.4. The van der Waals surface area contributed by atoms with Gasteiger partial charge in [-0.1, -0.05) is 386 Å². The molecule has 1 amide bonds. The largest absolute Gasteiger partial charge is 0.396 e. The third kappa shape index (κ3) is 46.0. The van der Waals surface area contributed by atoms with E-state index < -0.39 is 19.7 Å². The summed E-state index contributed by atoms with van der Waals surface area (Å²) >= 11 is 0. The van der Waals surface area contributed by atoms with Gasteiger partial charge in [0.05, 0.1) is 23.4 Å². The number of nitrogens with one attached hydrogen (secondary N) is 1. The van der Waals surface area contributed by atoms with Gasteiger partial charge in [0.1, 0.15) is 0 Å².